The minimum Gasteiger partial charge on any atom is -0.490 e. The first-order chi connectivity index (χ1) is 9.25. The summed E-state index contributed by atoms with van der Waals surface area (Å²) in [7, 11) is 2.13. The standard InChI is InChI=1S/C16H24N2O/c1-18-9-10-19-15-11-13(5-6-14(15)18)16(12-17)7-3-2-4-8-16/h5-6,11H,2-4,7-10,12,17H2,1H3. The maximum atomic E-state index is 6.12. The molecule has 0 bridgehead atoms. The Kier molecular flexibility index (Phi) is 3.40. The van der Waals surface area contributed by atoms with Gasteiger partial charge in [0, 0.05) is 19.0 Å². The van der Waals surface area contributed by atoms with Gasteiger partial charge in [-0.25, -0.2) is 0 Å². The van der Waals surface area contributed by atoms with E-state index in [-0.39, 0.29) is 5.41 Å². The highest BCUT2D eigenvalue weighted by molar-refractivity contribution is 5.61. The van der Waals surface area contributed by atoms with Gasteiger partial charge < -0.3 is 15.4 Å². The number of hydrogen-bond acceptors (Lipinski definition) is 3. The van der Waals surface area contributed by atoms with E-state index in [4.69, 9.17) is 10.5 Å². The van der Waals surface area contributed by atoms with Crippen molar-refractivity contribution >= 4 is 5.69 Å². The number of benzene rings is 1. The molecular weight excluding hydrogens is 236 g/mol. The van der Waals surface area contributed by atoms with Crippen LogP contribution in [-0.2, 0) is 5.41 Å². The topological polar surface area (TPSA) is 38.5 Å². The van der Waals surface area contributed by atoms with E-state index in [1.54, 1.807) is 0 Å². The van der Waals surface area contributed by atoms with Crippen LogP contribution >= 0.6 is 0 Å². The fourth-order valence-corrected chi connectivity index (χ4v) is 3.53. The van der Waals surface area contributed by atoms with Gasteiger partial charge in [-0.05, 0) is 30.5 Å². The van der Waals surface area contributed by atoms with Crippen LogP contribution in [0.2, 0.25) is 0 Å². The number of anilines is 1. The van der Waals surface area contributed by atoms with Crippen molar-refractivity contribution in [3.63, 3.8) is 0 Å². The molecule has 2 N–H and O–H groups in total. The highest BCUT2D eigenvalue weighted by atomic mass is 16.5. The van der Waals surface area contributed by atoms with E-state index in [0.29, 0.717) is 0 Å². The average Bonchev–Trinajstić information content (AvgIpc) is 2.48. The van der Waals surface area contributed by atoms with Crippen LogP contribution in [0, 0.1) is 0 Å². The minimum atomic E-state index is 0.187. The van der Waals surface area contributed by atoms with Crippen LogP contribution in [0.25, 0.3) is 0 Å². The molecule has 3 heteroatoms. The minimum absolute atomic E-state index is 0.187. The molecule has 1 aliphatic carbocycles. The summed E-state index contributed by atoms with van der Waals surface area (Å²) in [4.78, 5) is 2.26. The van der Waals surface area contributed by atoms with E-state index >= 15 is 0 Å². The number of ether oxygens (including phenoxy) is 1. The predicted molar refractivity (Wildman–Crippen MR) is 79.0 cm³/mol. The maximum absolute atomic E-state index is 6.12. The van der Waals surface area contributed by atoms with Crippen molar-refractivity contribution in [1.82, 2.24) is 0 Å². The van der Waals surface area contributed by atoms with Crippen molar-refractivity contribution in [1.29, 1.82) is 0 Å². The SMILES string of the molecule is CN1CCOc2cc(C3(CN)CCCCC3)ccc21. The van der Waals surface area contributed by atoms with Gasteiger partial charge in [0.15, 0.2) is 0 Å². The summed E-state index contributed by atoms with van der Waals surface area (Å²) in [6.07, 6.45) is 6.40. The Morgan fingerprint density at radius 2 is 2.05 bits per heavy atom. The van der Waals surface area contributed by atoms with E-state index in [2.05, 4.69) is 30.1 Å². The molecule has 1 aromatic carbocycles. The molecule has 0 atom stereocenters. The van der Waals surface area contributed by atoms with Crippen LogP contribution in [0.4, 0.5) is 5.69 Å². The van der Waals surface area contributed by atoms with Gasteiger partial charge in [0.2, 0.25) is 0 Å². The molecular formula is C16H24N2O. The highest BCUT2D eigenvalue weighted by Crippen LogP contribution is 2.42. The Morgan fingerprint density at radius 3 is 2.79 bits per heavy atom. The van der Waals surface area contributed by atoms with Gasteiger partial charge in [-0.3, -0.25) is 0 Å². The zero-order valence-electron chi connectivity index (χ0n) is 11.8. The molecule has 0 aromatic heterocycles. The van der Waals surface area contributed by atoms with Gasteiger partial charge in [-0.15, -0.1) is 0 Å². The Labute approximate surface area is 115 Å². The Morgan fingerprint density at radius 1 is 1.26 bits per heavy atom. The number of likely N-dealkylation sites (N-methyl/N-ethyl adjacent to an activating group) is 1. The van der Waals surface area contributed by atoms with Crippen LogP contribution in [0.15, 0.2) is 18.2 Å². The van der Waals surface area contributed by atoms with Gasteiger partial charge in [-0.1, -0.05) is 25.3 Å². The smallest absolute Gasteiger partial charge is 0.142 e. The first-order valence-corrected chi connectivity index (χ1v) is 7.44. The summed E-state index contributed by atoms with van der Waals surface area (Å²) in [5.74, 6) is 1.03. The second-order valence-electron chi connectivity index (χ2n) is 6.00. The van der Waals surface area contributed by atoms with E-state index in [0.717, 1.165) is 25.4 Å². The normalized spacial score (nSPS) is 21.7. The van der Waals surface area contributed by atoms with Crippen LogP contribution in [0.1, 0.15) is 37.7 Å². The molecule has 0 saturated heterocycles. The van der Waals surface area contributed by atoms with Gasteiger partial charge in [0.05, 0.1) is 12.2 Å². The third kappa shape index (κ3) is 2.20. The van der Waals surface area contributed by atoms with Gasteiger partial charge in [0.25, 0.3) is 0 Å². The maximum Gasteiger partial charge on any atom is 0.142 e. The quantitative estimate of drug-likeness (QED) is 0.888. The van der Waals surface area contributed by atoms with Gasteiger partial charge in [0.1, 0.15) is 12.4 Å². The molecule has 1 saturated carbocycles. The summed E-state index contributed by atoms with van der Waals surface area (Å²) < 4.78 is 5.83. The third-order valence-electron chi connectivity index (χ3n) is 4.87. The molecule has 104 valence electrons. The largest absolute Gasteiger partial charge is 0.490 e. The molecule has 3 nitrogen and oxygen atoms in total. The Bertz CT molecular complexity index is 452. The molecule has 0 unspecified atom stereocenters. The third-order valence-corrected chi connectivity index (χ3v) is 4.87. The van der Waals surface area contributed by atoms with E-state index in [1.807, 2.05) is 0 Å². The summed E-state index contributed by atoms with van der Waals surface area (Å²) >= 11 is 0. The molecule has 1 fully saturated rings. The average molecular weight is 260 g/mol. The predicted octanol–water partition coefficient (Wildman–Crippen LogP) is 2.68. The molecule has 0 spiro atoms. The van der Waals surface area contributed by atoms with Crippen molar-refractivity contribution < 1.29 is 4.74 Å². The molecule has 1 aromatic rings. The monoisotopic (exact) mass is 260 g/mol. The van der Waals surface area contributed by atoms with Crippen LogP contribution in [0.3, 0.4) is 0 Å². The fourth-order valence-electron chi connectivity index (χ4n) is 3.53. The molecule has 3 rings (SSSR count). The van der Waals surface area contributed by atoms with Crippen LogP contribution < -0.4 is 15.4 Å². The summed E-state index contributed by atoms with van der Waals surface area (Å²) in [6.45, 7) is 2.50. The molecule has 1 aliphatic heterocycles. The zero-order chi connectivity index (χ0) is 13.3. The summed E-state index contributed by atoms with van der Waals surface area (Å²) in [6, 6.07) is 6.71. The lowest BCUT2D eigenvalue weighted by Gasteiger charge is -2.38. The lowest BCUT2D eigenvalue weighted by atomic mass is 9.69. The van der Waals surface area contributed by atoms with Crippen molar-refractivity contribution in [3.05, 3.63) is 23.8 Å². The second kappa shape index (κ2) is 5.04. The number of nitrogens with zero attached hydrogens (tertiary/aromatic N) is 1. The Balaban J connectivity index is 1.96. The molecule has 19 heavy (non-hydrogen) atoms. The van der Waals surface area contributed by atoms with E-state index in [1.165, 1.54) is 43.4 Å². The number of hydrogen-bond donors (Lipinski definition) is 1. The molecule has 1 heterocycles. The van der Waals surface area contributed by atoms with Gasteiger partial charge >= 0.3 is 0 Å². The highest BCUT2D eigenvalue weighted by Gasteiger charge is 2.33. The zero-order valence-corrected chi connectivity index (χ0v) is 11.8. The fraction of sp³-hybridized carbons (Fsp3) is 0.625. The molecule has 2 aliphatic rings. The second-order valence-corrected chi connectivity index (χ2v) is 6.00. The summed E-state index contributed by atoms with van der Waals surface area (Å²) in [5.41, 5.74) is 8.89. The lowest BCUT2D eigenvalue weighted by Crippen LogP contribution is -2.37. The van der Waals surface area contributed by atoms with Crippen LogP contribution in [-0.4, -0.2) is 26.7 Å². The van der Waals surface area contributed by atoms with Crippen molar-refractivity contribution in [3.8, 4) is 5.75 Å². The summed E-state index contributed by atoms with van der Waals surface area (Å²) in [5, 5.41) is 0. The van der Waals surface area contributed by atoms with Crippen molar-refractivity contribution in [2.75, 3.05) is 31.6 Å². The number of fused-ring (bicyclic) bond motifs is 1. The Hall–Kier alpha value is -1.22. The first-order valence-electron chi connectivity index (χ1n) is 7.44. The van der Waals surface area contributed by atoms with E-state index < -0.39 is 0 Å². The number of nitrogens with two attached hydrogens (primary N) is 1. The van der Waals surface area contributed by atoms with Gasteiger partial charge in [-0.2, -0.15) is 0 Å². The molecule has 0 radical (unpaired) electrons. The number of rotatable bonds is 2. The first kappa shape index (κ1) is 12.8. The van der Waals surface area contributed by atoms with Crippen molar-refractivity contribution in [2.24, 2.45) is 5.73 Å². The van der Waals surface area contributed by atoms with Crippen molar-refractivity contribution in [2.45, 2.75) is 37.5 Å². The lowest BCUT2D eigenvalue weighted by molar-refractivity contribution is 0.292. The van der Waals surface area contributed by atoms with E-state index in [9.17, 15) is 0 Å². The molecule has 0 amide bonds. The van der Waals surface area contributed by atoms with Crippen LogP contribution in [0.5, 0.6) is 5.75 Å².